The van der Waals surface area contributed by atoms with Crippen molar-refractivity contribution in [3.63, 3.8) is 0 Å². The summed E-state index contributed by atoms with van der Waals surface area (Å²) in [4.78, 5) is 0. The quantitative estimate of drug-likeness (QED) is 0.428. The fraction of sp³-hybridized carbons (Fsp3) is 1.00. The highest BCUT2D eigenvalue weighted by Gasteiger charge is 2.72. The van der Waals surface area contributed by atoms with Gasteiger partial charge in [0.05, 0.1) is 18.8 Å². The van der Waals surface area contributed by atoms with Crippen LogP contribution < -0.4 is 0 Å². The lowest BCUT2D eigenvalue weighted by molar-refractivity contribution is -0.252. The maximum atomic E-state index is 10.9. The van der Waals surface area contributed by atoms with Crippen molar-refractivity contribution in [2.75, 3.05) is 6.61 Å². The monoisotopic (exact) mass is 442 g/mol. The van der Waals surface area contributed by atoms with Crippen LogP contribution in [0.1, 0.15) is 113 Å². The lowest BCUT2D eigenvalue weighted by atomic mass is 9.31. The molecule has 1 N–H and O–H groups in total. The summed E-state index contributed by atoms with van der Waals surface area (Å²) in [5.74, 6) is 3.11. The first kappa shape index (κ1) is 22.4. The average molecular weight is 443 g/mol. The molecule has 1 saturated heterocycles. The van der Waals surface area contributed by atoms with Gasteiger partial charge in [0.2, 0.25) is 0 Å². The highest BCUT2D eigenvalue weighted by atomic mass is 16.5. The Hall–Kier alpha value is -0.0800. The second-order valence-electron chi connectivity index (χ2n) is 15.7. The summed E-state index contributed by atoms with van der Waals surface area (Å²) in [6, 6.07) is 0. The fourth-order valence-corrected chi connectivity index (χ4v) is 12.0. The van der Waals surface area contributed by atoms with Crippen LogP contribution in [0.15, 0.2) is 0 Å². The average Bonchev–Trinajstić information content (AvgIpc) is 3.05. The molecule has 182 valence electrons. The van der Waals surface area contributed by atoms with Gasteiger partial charge >= 0.3 is 0 Å². The molecule has 0 aromatic heterocycles. The normalized spacial score (nSPS) is 60.0. The van der Waals surface area contributed by atoms with Crippen LogP contribution in [-0.4, -0.2) is 23.9 Å². The van der Waals surface area contributed by atoms with Crippen LogP contribution in [0.5, 0.6) is 0 Å². The second kappa shape index (κ2) is 6.37. The number of ether oxygens (including phenoxy) is 1. The summed E-state index contributed by atoms with van der Waals surface area (Å²) in [5.41, 5.74) is 2.16. The van der Waals surface area contributed by atoms with Gasteiger partial charge < -0.3 is 9.84 Å². The molecule has 0 amide bonds. The summed E-state index contributed by atoms with van der Waals surface area (Å²) in [5, 5.41) is 10.9. The van der Waals surface area contributed by atoms with E-state index in [0.717, 1.165) is 30.8 Å². The molecular weight excluding hydrogens is 392 g/mol. The van der Waals surface area contributed by atoms with E-state index in [2.05, 4.69) is 48.5 Å². The molecule has 2 bridgehead atoms. The van der Waals surface area contributed by atoms with E-state index in [1.807, 2.05) is 0 Å². The first-order valence-electron chi connectivity index (χ1n) is 14.1. The number of aliphatic hydroxyl groups is 1. The summed E-state index contributed by atoms with van der Waals surface area (Å²) in [6.45, 7) is 18.9. The Kier molecular flexibility index (Phi) is 4.46. The molecule has 32 heavy (non-hydrogen) atoms. The van der Waals surface area contributed by atoms with Crippen LogP contribution in [0.4, 0.5) is 0 Å². The molecule has 6 aliphatic rings. The predicted octanol–water partition coefficient (Wildman–Crippen LogP) is 7.24. The SMILES string of the molecule is CC1(C)CC[C@]23CC[C@]4(C)[C@H](CC[C@@H]5[C@]6(C)CC[C@H](O)C(C)(C)[C@@H]6CC[C@]54C)[C@H]2[C@H]1OC3. The van der Waals surface area contributed by atoms with Gasteiger partial charge in [-0.3, -0.25) is 0 Å². The Bertz CT molecular complexity index is 801. The number of hydrogen-bond donors (Lipinski definition) is 1. The molecule has 5 aliphatic carbocycles. The van der Waals surface area contributed by atoms with E-state index in [1.54, 1.807) is 0 Å². The highest BCUT2D eigenvalue weighted by molar-refractivity contribution is 5.21. The zero-order chi connectivity index (χ0) is 22.9. The Morgan fingerprint density at radius 1 is 0.688 bits per heavy atom. The predicted molar refractivity (Wildman–Crippen MR) is 130 cm³/mol. The van der Waals surface area contributed by atoms with Gasteiger partial charge in [-0.1, -0.05) is 48.5 Å². The first-order chi connectivity index (χ1) is 14.8. The standard InChI is InChI=1S/C30H50O2/c1-25(2)14-16-30-17-15-28(6)19(23(30)24(25)32-18-30)8-9-21-27(5)12-11-22(31)26(3,4)20(27)10-13-29(21,28)7/h19-24,31H,8-18H2,1-7H3/t19-,20+,21-,22+,23+,24-,27-,28-,29-,30-/m1/s1. The van der Waals surface area contributed by atoms with Crippen molar-refractivity contribution in [1.82, 2.24) is 0 Å². The van der Waals surface area contributed by atoms with E-state index in [1.165, 1.54) is 57.8 Å². The van der Waals surface area contributed by atoms with Gasteiger partial charge in [0.25, 0.3) is 0 Å². The summed E-state index contributed by atoms with van der Waals surface area (Å²) >= 11 is 0. The van der Waals surface area contributed by atoms with Crippen LogP contribution in [0.3, 0.4) is 0 Å². The lowest BCUT2D eigenvalue weighted by Gasteiger charge is -2.73. The van der Waals surface area contributed by atoms with E-state index in [4.69, 9.17) is 4.74 Å². The van der Waals surface area contributed by atoms with Gasteiger partial charge in [-0.05, 0) is 120 Å². The molecule has 2 nitrogen and oxygen atoms in total. The Morgan fingerprint density at radius 3 is 2.16 bits per heavy atom. The Balaban J connectivity index is 1.39. The van der Waals surface area contributed by atoms with Crippen LogP contribution >= 0.6 is 0 Å². The lowest BCUT2D eigenvalue weighted by Crippen LogP contribution is -2.67. The van der Waals surface area contributed by atoms with Crippen LogP contribution in [-0.2, 0) is 4.74 Å². The van der Waals surface area contributed by atoms with Crippen molar-refractivity contribution in [2.45, 2.75) is 125 Å². The summed E-state index contributed by atoms with van der Waals surface area (Å²) in [7, 11) is 0. The van der Waals surface area contributed by atoms with E-state index in [9.17, 15) is 5.11 Å². The molecule has 10 atom stereocenters. The third-order valence-electron chi connectivity index (χ3n) is 14.1. The summed E-state index contributed by atoms with van der Waals surface area (Å²) < 4.78 is 6.71. The molecule has 6 fully saturated rings. The van der Waals surface area contributed by atoms with Crippen molar-refractivity contribution in [3.8, 4) is 0 Å². The number of fused-ring (bicyclic) bond motifs is 5. The molecule has 1 heterocycles. The topological polar surface area (TPSA) is 29.5 Å². The highest BCUT2D eigenvalue weighted by Crippen LogP contribution is 2.78. The molecule has 0 spiro atoms. The molecule has 6 rings (SSSR count). The van der Waals surface area contributed by atoms with Crippen molar-refractivity contribution < 1.29 is 9.84 Å². The van der Waals surface area contributed by atoms with E-state index >= 15 is 0 Å². The number of hydrogen-bond acceptors (Lipinski definition) is 2. The molecule has 2 heteroatoms. The molecule has 5 saturated carbocycles. The van der Waals surface area contributed by atoms with Gasteiger partial charge in [-0.25, -0.2) is 0 Å². The van der Waals surface area contributed by atoms with Crippen LogP contribution in [0, 0.1) is 56.2 Å². The minimum atomic E-state index is -0.122. The fourth-order valence-electron chi connectivity index (χ4n) is 12.0. The van der Waals surface area contributed by atoms with Gasteiger partial charge in [-0.2, -0.15) is 0 Å². The molecule has 0 aromatic carbocycles. The van der Waals surface area contributed by atoms with Crippen molar-refractivity contribution in [3.05, 3.63) is 0 Å². The van der Waals surface area contributed by atoms with E-state index in [-0.39, 0.29) is 11.5 Å². The van der Waals surface area contributed by atoms with Gasteiger partial charge in [0, 0.05) is 0 Å². The summed E-state index contributed by atoms with van der Waals surface area (Å²) in [6.07, 6.45) is 13.7. The maximum absolute atomic E-state index is 10.9. The Labute approximate surface area is 197 Å². The molecule has 1 aliphatic heterocycles. The smallest absolute Gasteiger partial charge is 0.0663 e. The molecule has 0 unspecified atom stereocenters. The van der Waals surface area contributed by atoms with Crippen LogP contribution in [0.25, 0.3) is 0 Å². The molecule has 0 aromatic rings. The Morgan fingerprint density at radius 2 is 1.41 bits per heavy atom. The molecular formula is C30H50O2. The van der Waals surface area contributed by atoms with Gasteiger partial charge in [-0.15, -0.1) is 0 Å². The zero-order valence-corrected chi connectivity index (χ0v) is 22.1. The second-order valence-corrected chi connectivity index (χ2v) is 15.7. The minimum absolute atomic E-state index is 0.0586. The van der Waals surface area contributed by atoms with Crippen molar-refractivity contribution in [2.24, 2.45) is 56.2 Å². The number of aliphatic hydroxyl groups excluding tert-OH is 1. The van der Waals surface area contributed by atoms with Gasteiger partial charge in [0.1, 0.15) is 0 Å². The van der Waals surface area contributed by atoms with Gasteiger partial charge in [0.15, 0.2) is 0 Å². The molecule has 0 radical (unpaired) electrons. The largest absolute Gasteiger partial charge is 0.393 e. The minimum Gasteiger partial charge on any atom is -0.393 e. The third kappa shape index (κ3) is 2.41. The maximum Gasteiger partial charge on any atom is 0.0663 e. The first-order valence-corrected chi connectivity index (χ1v) is 14.1. The third-order valence-corrected chi connectivity index (χ3v) is 14.1. The zero-order valence-electron chi connectivity index (χ0n) is 22.1. The van der Waals surface area contributed by atoms with E-state index in [0.29, 0.717) is 39.1 Å². The van der Waals surface area contributed by atoms with E-state index < -0.39 is 0 Å². The number of rotatable bonds is 0. The van der Waals surface area contributed by atoms with Crippen molar-refractivity contribution in [1.29, 1.82) is 0 Å². The van der Waals surface area contributed by atoms with Crippen molar-refractivity contribution >= 4 is 0 Å². The van der Waals surface area contributed by atoms with Crippen LogP contribution in [0.2, 0.25) is 0 Å².